The summed E-state index contributed by atoms with van der Waals surface area (Å²) in [6.07, 6.45) is 21.1. The van der Waals surface area contributed by atoms with Gasteiger partial charge >= 0.3 is 7.60 Å². The Morgan fingerprint density at radius 1 is 0.821 bits per heavy atom. The summed E-state index contributed by atoms with van der Waals surface area (Å²) in [7, 11) is 2.32. The lowest BCUT2D eigenvalue weighted by atomic mass is 10.1. The molecular formula is C23H49NO3P+. The van der Waals surface area contributed by atoms with Gasteiger partial charge in [0, 0.05) is 6.42 Å². The number of hydrogen-bond acceptors (Lipinski definition) is 2. The summed E-state index contributed by atoms with van der Waals surface area (Å²) in [5, 5.41) is 0. The number of quaternary nitrogens is 1. The molecule has 0 amide bonds. The average molecular weight is 419 g/mol. The van der Waals surface area contributed by atoms with E-state index in [1.165, 1.54) is 51.4 Å². The first kappa shape index (κ1) is 27.8. The van der Waals surface area contributed by atoms with Crippen molar-refractivity contribution in [1.82, 2.24) is 0 Å². The Hall–Kier alpha value is -0.150. The Morgan fingerprint density at radius 2 is 1.32 bits per heavy atom. The van der Waals surface area contributed by atoms with E-state index in [-0.39, 0.29) is 5.78 Å². The van der Waals surface area contributed by atoms with E-state index in [9.17, 15) is 9.46 Å². The van der Waals surface area contributed by atoms with Crippen LogP contribution in [0.5, 0.6) is 0 Å². The minimum absolute atomic E-state index is 0.341. The summed E-state index contributed by atoms with van der Waals surface area (Å²) >= 11 is 0. The molecule has 0 aliphatic heterocycles. The predicted octanol–water partition coefficient (Wildman–Crippen LogP) is 7.28. The monoisotopic (exact) mass is 418 g/mol. The average Bonchev–Trinajstić information content (AvgIpc) is 2.61. The second-order valence-corrected chi connectivity index (χ2v) is 11.0. The summed E-state index contributed by atoms with van der Waals surface area (Å²) in [6, 6.07) is 0. The predicted molar refractivity (Wildman–Crippen MR) is 123 cm³/mol. The van der Waals surface area contributed by atoms with Crippen molar-refractivity contribution in [2.75, 3.05) is 27.7 Å². The molecule has 5 heteroatoms. The van der Waals surface area contributed by atoms with E-state index >= 15 is 0 Å². The maximum Gasteiger partial charge on any atom is 0.385 e. The van der Waals surface area contributed by atoms with E-state index in [2.05, 4.69) is 19.1 Å². The van der Waals surface area contributed by atoms with Crippen molar-refractivity contribution in [3.63, 3.8) is 0 Å². The third-order valence-corrected chi connectivity index (χ3v) is 7.51. The maximum absolute atomic E-state index is 12.6. The maximum atomic E-state index is 12.6. The van der Waals surface area contributed by atoms with Gasteiger partial charge in [-0.25, -0.2) is 0 Å². The van der Waals surface area contributed by atoms with Crippen LogP contribution in [0.3, 0.4) is 0 Å². The lowest BCUT2D eigenvalue weighted by Gasteiger charge is -2.35. The summed E-state index contributed by atoms with van der Waals surface area (Å²) in [4.78, 5) is 10.4. The van der Waals surface area contributed by atoms with Crippen molar-refractivity contribution < 1.29 is 18.5 Å². The summed E-state index contributed by atoms with van der Waals surface area (Å²) in [5.41, 5.74) is 0. The van der Waals surface area contributed by atoms with Crippen molar-refractivity contribution in [1.29, 1.82) is 0 Å². The van der Waals surface area contributed by atoms with Crippen molar-refractivity contribution in [3.8, 4) is 0 Å². The lowest BCUT2D eigenvalue weighted by molar-refractivity contribution is -0.883. The van der Waals surface area contributed by atoms with Crippen LogP contribution in [0.1, 0.15) is 104 Å². The van der Waals surface area contributed by atoms with E-state index in [1.54, 1.807) is 0 Å². The molecule has 0 fully saturated rings. The smallest absolute Gasteiger partial charge is 0.320 e. The normalized spacial score (nSPS) is 15.8. The van der Waals surface area contributed by atoms with Gasteiger partial charge in [0.25, 0.3) is 0 Å². The molecule has 0 aromatic heterocycles. The van der Waals surface area contributed by atoms with Crippen LogP contribution >= 0.6 is 7.60 Å². The van der Waals surface area contributed by atoms with Crippen LogP contribution in [0.4, 0.5) is 0 Å². The minimum atomic E-state index is -3.57. The van der Waals surface area contributed by atoms with Gasteiger partial charge in [0.15, 0.2) is 5.78 Å². The first-order valence-corrected chi connectivity index (χ1v) is 13.3. The van der Waals surface area contributed by atoms with Crippen molar-refractivity contribution in [2.45, 2.75) is 110 Å². The highest BCUT2D eigenvalue weighted by Crippen LogP contribution is 2.51. The Balaban J connectivity index is 3.71. The highest BCUT2D eigenvalue weighted by Gasteiger charge is 2.41. The molecular weight excluding hydrogens is 369 g/mol. The second kappa shape index (κ2) is 16.6. The highest BCUT2D eigenvalue weighted by molar-refractivity contribution is 7.53. The van der Waals surface area contributed by atoms with E-state index in [0.717, 1.165) is 32.1 Å². The molecule has 2 unspecified atom stereocenters. The van der Waals surface area contributed by atoms with Crippen LogP contribution in [0.25, 0.3) is 0 Å². The molecule has 0 bridgehead atoms. The molecule has 0 heterocycles. The van der Waals surface area contributed by atoms with E-state index in [1.807, 2.05) is 28.1 Å². The van der Waals surface area contributed by atoms with Gasteiger partial charge in [0.2, 0.25) is 0 Å². The Labute approximate surface area is 175 Å². The zero-order valence-corrected chi connectivity index (χ0v) is 20.4. The van der Waals surface area contributed by atoms with Crippen molar-refractivity contribution in [2.24, 2.45) is 0 Å². The van der Waals surface area contributed by atoms with Crippen LogP contribution in [0, 0.1) is 0 Å². The topological polar surface area (TPSA) is 46.5 Å². The molecule has 0 aliphatic rings. The van der Waals surface area contributed by atoms with E-state index < -0.39 is 7.60 Å². The molecule has 0 rings (SSSR count). The quantitative estimate of drug-likeness (QED) is 0.104. The minimum Gasteiger partial charge on any atom is -0.320 e. The van der Waals surface area contributed by atoms with Gasteiger partial charge in [0.05, 0.1) is 27.7 Å². The fourth-order valence-corrected chi connectivity index (χ4v) is 5.55. The molecule has 2 atom stereocenters. The van der Waals surface area contributed by atoms with Gasteiger partial charge < -0.3 is 13.9 Å². The van der Waals surface area contributed by atoms with Crippen LogP contribution < -0.4 is 0 Å². The zero-order valence-electron chi connectivity index (χ0n) is 19.5. The van der Waals surface area contributed by atoms with Crippen LogP contribution in [-0.2, 0) is 9.09 Å². The molecule has 4 nitrogen and oxygen atoms in total. The van der Waals surface area contributed by atoms with Crippen LogP contribution in [0.15, 0.2) is 12.2 Å². The molecule has 0 aromatic rings. The molecule has 28 heavy (non-hydrogen) atoms. The van der Waals surface area contributed by atoms with Gasteiger partial charge in [-0.2, -0.15) is 0 Å². The fraction of sp³-hybridized carbons (Fsp3) is 0.913. The van der Waals surface area contributed by atoms with Gasteiger partial charge in [-0.05, 0) is 38.5 Å². The standard InChI is InChI=1S/C23H48NO3P/c1-6-8-9-10-11-12-13-14-15-16-17-18-19-20-22-27-28(25,26)23(21-7-2)24(3,4)5/h15-16,23H,6-14,17-22H2,1-5H3/p+1/b16-15-. The van der Waals surface area contributed by atoms with Crippen molar-refractivity contribution in [3.05, 3.63) is 12.2 Å². The molecule has 0 saturated carbocycles. The molecule has 168 valence electrons. The Kier molecular flexibility index (Phi) is 16.5. The molecule has 1 N–H and O–H groups in total. The number of hydrogen-bond donors (Lipinski definition) is 1. The zero-order chi connectivity index (χ0) is 21.3. The third kappa shape index (κ3) is 14.8. The van der Waals surface area contributed by atoms with E-state index in [0.29, 0.717) is 17.5 Å². The fourth-order valence-electron chi connectivity index (χ4n) is 3.52. The second-order valence-electron chi connectivity index (χ2n) is 9.01. The van der Waals surface area contributed by atoms with Gasteiger partial charge in [-0.15, -0.1) is 0 Å². The van der Waals surface area contributed by atoms with Gasteiger partial charge in [-0.3, -0.25) is 4.57 Å². The SMILES string of the molecule is CCCCCCCCC/C=C\CCCCCOP(=O)(O)C(CCC)[N+](C)(C)C. The summed E-state index contributed by atoms with van der Waals surface area (Å²) in [6.45, 7) is 4.69. The Morgan fingerprint density at radius 3 is 1.82 bits per heavy atom. The summed E-state index contributed by atoms with van der Waals surface area (Å²) in [5.74, 6) is -0.341. The third-order valence-electron chi connectivity index (χ3n) is 5.25. The lowest BCUT2D eigenvalue weighted by Crippen LogP contribution is -2.45. The summed E-state index contributed by atoms with van der Waals surface area (Å²) < 4.78 is 18.5. The number of nitrogens with zero attached hydrogens (tertiary/aromatic N) is 1. The van der Waals surface area contributed by atoms with Gasteiger partial charge in [0.1, 0.15) is 0 Å². The van der Waals surface area contributed by atoms with Crippen molar-refractivity contribution >= 4 is 7.60 Å². The van der Waals surface area contributed by atoms with Crippen LogP contribution in [-0.4, -0.2) is 42.9 Å². The number of rotatable bonds is 19. The van der Waals surface area contributed by atoms with Crippen LogP contribution in [0.2, 0.25) is 0 Å². The molecule has 0 aliphatic carbocycles. The first-order valence-electron chi connectivity index (χ1n) is 11.7. The molecule has 0 aromatic carbocycles. The largest absolute Gasteiger partial charge is 0.385 e. The molecule has 0 radical (unpaired) electrons. The number of unbranched alkanes of at least 4 members (excludes halogenated alkanes) is 10. The van der Waals surface area contributed by atoms with E-state index in [4.69, 9.17) is 4.52 Å². The molecule has 0 spiro atoms. The number of allylic oxidation sites excluding steroid dienone is 2. The highest BCUT2D eigenvalue weighted by atomic mass is 31.2. The van der Waals surface area contributed by atoms with Gasteiger partial charge in [-0.1, -0.05) is 70.9 Å². The first-order chi connectivity index (χ1) is 13.3. The Bertz CT molecular complexity index is 432. The molecule has 0 saturated heterocycles.